The van der Waals surface area contributed by atoms with E-state index in [1.807, 2.05) is 72.8 Å². The molecule has 2 atom stereocenters. The third-order valence-corrected chi connectivity index (χ3v) is 8.39. The number of carboxylic acid groups (broad SMARTS) is 1. The van der Waals surface area contributed by atoms with Gasteiger partial charge >= 0.3 is 13.1 Å². The van der Waals surface area contributed by atoms with Crippen molar-refractivity contribution in [1.82, 2.24) is 19.9 Å². The summed E-state index contributed by atoms with van der Waals surface area (Å²) >= 11 is 1.45. The molecule has 1 fully saturated rings. The summed E-state index contributed by atoms with van der Waals surface area (Å²) < 4.78 is 5.50. The van der Waals surface area contributed by atoms with Crippen LogP contribution in [0.2, 0.25) is 0 Å². The number of benzene rings is 1. The highest BCUT2D eigenvalue weighted by atomic mass is 32.2. The number of hydrogen-bond acceptors (Lipinski definition) is 9. The number of aromatic nitrogens is 3. The molecule has 3 aromatic heterocycles. The van der Waals surface area contributed by atoms with Crippen LogP contribution in [0.4, 0.5) is 5.69 Å². The summed E-state index contributed by atoms with van der Waals surface area (Å²) in [5, 5.41) is 22.1. The van der Waals surface area contributed by atoms with Gasteiger partial charge in [0.15, 0.2) is 0 Å². The van der Waals surface area contributed by atoms with E-state index in [0.717, 1.165) is 27.5 Å². The van der Waals surface area contributed by atoms with Crippen LogP contribution >= 0.6 is 11.8 Å². The van der Waals surface area contributed by atoms with Gasteiger partial charge in [-0.25, -0.2) is 0 Å². The van der Waals surface area contributed by atoms with Crippen LogP contribution in [0.15, 0.2) is 96.3 Å². The molecule has 10 nitrogen and oxygen atoms in total. The topological polar surface area (TPSA) is 138 Å². The SMILES string of the molecule is O=C(O)C[C@@H]1CC[C@H](Sc2cccc(NC(=O)Cc3ccc(CN(Cc4ccccn4)Cc4ccccn4)nc3)c2)B(O)O1. The molecule has 1 aromatic carbocycles. The largest absolute Gasteiger partial charge is 0.481 e. The molecule has 0 saturated carbocycles. The van der Waals surface area contributed by atoms with E-state index < -0.39 is 19.2 Å². The Labute approximate surface area is 261 Å². The summed E-state index contributed by atoms with van der Waals surface area (Å²) in [5.41, 5.74) is 4.27. The highest BCUT2D eigenvalue weighted by Gasteiger charge is 2.36. The van der Waals surface area contributed by atoms with Crippen LogP contribution in [0.5, 0.6) is 0 Å². The normalized spacial score (nSPS) is 16.5. The zero-order chi connectivity index (χ0) is 30.7. The minimum atomic E-state index is -1.05. The number of aliphatic carboxylic acids is 1. The fourth-order valence-corrected chi connectivity index (χ4v) is 6.15. The molecule has 0 unspecified atom stereocenters. The van der Waals surface area contributed by atoms with Crippen LogP contribution < -0.4 is 5.32 Å². The Morgan fingerprint density at radius 1 is 0.909 bits per heavy atom. The molecule has 3 N–H and O–H groups in total. The first kappa shape index (κ1) is 31.3. The van der Waals surface area contributed by atoms with Crippen LogP contribution in [-0.2, 0) is 40.3 Å². The number of nitrogens with one attached hydrogen (secondary N) is 1. The standard InChI is InChI=1S/C32H34BN5O5S/c39-31(37-24-8-5-9-29(17-24)44-30-13-12-28(18-32(40)41)43-33(30)42)16-23-10-11-27(36-19-23)22-38(20-25-6-1-3-14-34-25)21-26-7-2-4-15-35-26/h1-11,14-15,17,19,28,30,42H,12-13,16,18,20-22H2,(H,37,39)(H,40,41)/t28-,30-/m0/s1. The first-order chi connectivity index (χ1) is 21.4. The maximum Gasteiger partial charge on any atom is 0.468 e. The molecular weight excluding hydrogens is 577 g/mol. The van der Waals surface area contributed by atoms with E-state index in [0.29, 0.717) is 38.2 Å². The second-order valence-electron chi connectivity index (χ2n) is 10.7. The number of carbonyl (C=O) groups excluding carboxylic acids is 1. The van der Waals surface area contributed by atoms with Gasteiger partial charge in [-0.2, -0.15) is 0 Å². The molecule has 4 heterocycles. The van der Waals surface area contributed by atoms with Crippen molar-refractivity contribution in [2.75, 3.05) is 5.32 Å². The molecule has 1 aliphatic rings. The molecule has 4 aromatic rings. The molecule has 5 rings (SSSR count). The summed E-state index contributed by atoms with van der Waals surface area (Å²) in [6.07, 6.45) is 6.09. The summed E-state index contributed by atoms with van der Waals surface area (Å²) in [6.45, 7) is 1.90. The Hall–Kier alpha value is -4.10. The van der Waals surface area contributed by atoms with Gasteiger partial charge in [0.25, 0.3) is 0 Å². The molecule has 0 spiro atoms. The highest BCUT2D eigenvalue weighted by molar-refractivity contribution is 8.01. The zero-order valence-corrected chi connectivity index (χ0v) is 25.0. The number of anilines is 1. The molecule has 0 bridgehead atoms. The first-order valence-corrected chi connectivity index (χ1v) is 15.4. The molecule has 1 aliphatic heterocycles. The summed E-state index contributed by atoms with van der Waals surface area (Å²) in [6, 6.07) is 23.1. The lowest BCUT2D eigenvalue weighted by atomic mass is 9.77. The van der Waals surface area contributed by atoms with Crippen LogP contribution in [0.3, 0.4) is 0 Å². The van der Waals surface area contributed by atoms with E-state index in [2.05, 4.69) is 25.2 Å². The number of rotatable bonds is 13. The third kappa shape index (κ3) is 9.71. The number of hydrogen-bond donors (Lipinski definition) is 3. The van der Waals surface area contributed by atoms with Gasteiger partial charge in [-0.05, 0) is 66.9 Å². The number of nitrogens with zero attached hydrogens (tertiary/aromatic N) is 4. The van der Waals surface area contributed by atoms with Crippen molar-refractivity contribution in [2.24, 2.45) is 0 Å². The number of carboxylic acids is 1. The number of amides is 1. The number of carbonyl (C=O) groups is 2. The maximum atomic E-state index is 12.9. The van der Waals surface area contributed by atoms with E-state index >= 15 is 0 Å². The van der Waals surface area contributed by atoms with Crippen LogP contribution in [0.1, 0.15) is 41.9 Å². The molecule has 12 heteroatoms. The lowest BCUT2D eigenvalue weighted by Gasteiger charge is -2.30. The smallest absolute Gasteiger partial charge is 0.468 e. The van der Waals surface area contributed by atoms with Crippen molar-refractivity contribution in [3.8, 4) is 0 Å². The Kier molecular flexibility index (Phi) is 11.1. The number of pyridine rings is 3. The van der Waals surface area contributed by atoms with E-state index in [1.54, 1.807) is 18.6 Å². The minimum Gasteiger partial charge on any atom is -0.481 e. The summed E-state index contributed by atoms with van der Waals surface area (Å²) in [7, 11) is -1.05. The molecule has 0 aliphatic carbocycles. The highest BCUT2D eigenvalue weighted by Crippen LogP contribution is 2.33. The van der Waals surface area contributed by atoms with Crippen LogP contribution in [0, 0.1) is 0 Å². The molecule has 226 valence electrons. The van der Waals surface area contributed by atoms with Gasteiger partial charge in [-0.1, -0.05) is 24.3 Å². The van der Waals surface area contributed by atoms with Crippen molar-refractivity contribution >= 4 is 36.4 Å². The van der Waals surface area contributed by atoms with Gasteiger partial charge in [0.05, 0.1) is 36.0 Å². The Morgan fingerprint density at radius 2 is 1.61 bits per heavy atom. The van der Waals surface area contributed by atoms with Gasteiger partial charge in [0.2, 0.25) is 5.91 Å². The average molecular weight is 612 g/mol. The van der Waals surface area contributed by atoms with Crippen molar-refractivity contribution < 1.29 is 24.4 Å². The van der Waals surface area contributed by atoms with Crippen LogP contribution in [-0.4, -0.2) is 60.2 Å². The molecular formula is C32H34BN5O5S. The third-order valence-electron chi connectivity index (χ3n) is 7.09. The number of thioether (sulfide) groups is 1. The predicted octanol–water partition coefficient (Wildman–Crippen LogP) is 4.39. The average Bonchev–Trinajstić information content (AvgIpc) is 3.00. The van der Waals surface area contributed by atoms with Crippen molar-refractivity contribution in [2.45, 2.75) is 61.5 Å². The fraction of sp³-hybridized carbons (Fsp3) is 0.281. The van der Waals surface area contributed by atoms with E-state index in [4.69, 9.17) is 9.76 Å². The maximum absolute atomic E-state index is 12.9. The van der Waals surface area contributed by atoms with E-state index in [-0.39, 0.29) is 23.9 Å². The quantitative estimate of drug-likeness (QED) is 0.187. The summed E-state index contributed by atoms with van der Waals surface area (Å²) in [5.74, 6) is -1.10. The molecule has 1 amide bonds. The van der Waals surface area contributed by atoms with Crippen molar-refractivity contribution in [3.63, 3.8) is 0 Å². The second kappa shape index (κ2) is 15.6. The predicted molar refractivity (Wildman–Crippen MR) is 168 cm³/mol. The van der Waals surface area contributed by atoms with Gasteiger partial charge in [-0.3, -0.25) is 29.4 Å². The fourth-order valence-electron chi connectivity index (χ4n) is 5.01. The summed E-state index contributed by atoms with van der Waals surface area (Å²) in [4.78, 5) is 40.5. The lowest BCUT2D eigenvalue weighted by molar-refractivity contribution is -0.139. The van der Waals surface area contributed by atoms with Gasteiger partial charge in [0, 0.05) is 54.0 Å². The Bertz CT molecular complexity index is 1480. The zero-order valence-electron chi connectivity index (χ0n) is 24.2. The van der Waals surface area contributed by atoms with Crippen molar-refractivity contribution in [3.05, 3.63) is 114 Å². The second-order valence-corrected chi connectivity index (χ2v) is 12.0. The van der Waals surface area contributed by atoms with Crippen molar-refractivity contribution in [1.29, 1.82) is 0 Å². The molecule has 0 radical (unpaired) electrons. The van der Waals surface area contributed by atoms with Gasteiger partial charge in [-0.15, -0.1) is 11.8 Å². The monoisotopic (exact) mass is 611 g/mol. The first-order valence-electron chi connectivity index (χ1n) is 14.5. The Balaban J connectivity index is 1.14. The van der Waals surface area contributed by atoms with E-state index in [9.17, 15) is 14.6 Å². The van der Waals surface area contributed by atoms with E-state index in [1.165, 1.54) is 11.8 Å². The minimum absolute atomic E-state index is 0.120. The van der Waals surface area contributed by atoms with Crippen LogP contribution in [0.25, 0.3) is 0 Å². The lowest BCUT2D eigenvalue weighted by Crippen LogP contribution is -2.42. The molecule has 1 saturated heterocycles. The van der Waals surface area contributed by atoms with Gasteiger partial charge in [0.1, 0.15) is 0 Å². The Morgan fingerprint density at radius 3 is 2.20 bits per heavy atom. The van der Waals surface area contributed by atoms with Gasteiger partial charge < -0.3 is 20.1 Å². The molecule has 44 heavy (non-hydrogen) atoms.